The van der Waals surface area contributed by atoms with Gasteiger partial charge in [-0.15, -0.1) is 0 Å². The molecule has 0 atom stereocenters. The summed E-state index contributed by atoms with van der Waals surface area (Å²) in [4.78, 5) is 0. The highest BCUT2D eigenvalue weighted by atomic mass is 32.2. The molecule has 0 spiro atoms. The number of hydrogen-bond donors (Lipinski definition) is 2. The van der Waals surface area contributed by atoms with E-state index in [0.29, 0.717) is 0 Å². The van der Waals surface area contributed by atoms with Crippen LogP contribution in [0.3, 0.4) is 0 Å². The van der Waals surface area contributed by atoms with E-state index in [9.17, 15) is 8.42 Å². The molecule has 0 aliphatic carbocycles. The number of benzene rings is 2. The topological polar surface area (TPSA) is 46.2 Å². The summed E-state index contributed by atoms with van der Waals surface area (Å²) in [5.41, 5.74) is 4.42. The first-order valence-electron chi connectivity index (χ1n) is 7.88. The maximum Gasteiger partial charge on any atom is 0.201 e. The van der Waals surface area contributed by atoms with Gasteiger partial charge in [0.15, 0.2) is 0 Å². The van der Waals surface area contributed by atoms with Crippen LogP contribution in [-0.2, 0) is 16.3 Å². The zero-order chi connectivity index (χ0) is 18.2. The summed E-state index contributed by atoms with van der Waals surface area (Å²) in [6.07, 6.45) is 0. The first-order chi connectivity index (χ1) is 11.2. The second-order valence-corrected chi connectivity index (χ2v) is 7.51. The van der Waals surface area contributed by atoms with Crippen molar-refractivity contribution in [2.24, 2.45) is 0 Å². The predicted molar refractivity (Wildman–Crippen MR) is 104 cm³/mol. The van der Waals surface area contributed by atoms with Gasteiger partial charge in [0, 0.05) is 6.54 Å². The summed E-state index contributed by atoms with van der Waals surface area (Å²) in [6.45, 7) is 12.7. The quantitative estimate of drug-likeness (QED) is 0.819. The molecule has 0 fully saturated rings. The normalized spacial score (nSPS) is 10.9. The van der Waals surface area contributed by atoms with Gasteiger partial charge in [-0.2, -0.15) is 0 Å². The second kappa shape index (κ2) is 9.40. The molecule has 0 radical (unpaired) electrons. The SMILES string of the molecule is C=C(CN[SH](=O)=O)c1ccc(C(C)(C)C)cc1.Cc1ccccc1. The van der Waals surface area contributed by atoms with Crippen molar-refractivity contribution in [2.75, 3.05) is 6.54 Å². The summed E-state index contributed by atoms with van der Waals surface area (Å²) in [7, 11) is -2.56. The van der Waals surface area contributed by atoms with Crippen LogP contribution in [0.2, 0.25) is 0 Å². The van der Waals surface area contributed by atoms with Crippen LogP contribution in [0, 0.1) is 6.92 Å². The van der Waals surface area contributed by atoms with Crippen molar-refractivity contribution in [1.29, 1.82) is 0 Å². The molecule has 0 heterocycles. The maximum atomic E-state index is 10.4. The third-order valence-corrected chi connectivity index (χ3v) is 3.94. The van der Waals surface area contributed by atoms with E-state index in [1.54, 1.807) is 0 Å². The van der Waals surface area contributed by atoms with Gasteiger partial charge in [0.05, 0.1) is 0 Å². The Kier molecular flexibility index (Phi) is 7.89. The van der Waals surface area contributed by atoms with Crippen molar-refractivity contribution in [3.8, 4) is 0 Å². The fraction of sp³-hybridized carbons (Fsp3) is 0.300. The molecule has 0 aromatic heterocycles. The van der Waals surface area contributed by atoms with Crippen molar-refractivity contribution < 1.29 is 8.42 Å². The number of thiol groups is 1. The van der Waals surface area contributed by atoms with Crippen molar-refractivity contribution in [2.45, 2.75) is 33.1 Å². The average Bonchev–Trinajstić information content (AvgIpc) is 2.53. The monoisotopic (exact) mass is 345 g/mol. The van der Waals surface area contributed by atoms with Gasteiger partial charge >= 0.3 is 0 Å². The molecule has 4 heteroatoms. The Morgan fingerprint density at radius 3 is 1.92 bits per heavy atom. The van der Waals surface area contributed by atoms with Crippen LogP contribution in [0.5, 0.6) is 0 Å². The summed E-state index contributed by atoms with van der Waals surface area (Å²) in [5.74, 6) is 0. The lowest BCUT2D eigenvalue weighted by Gasteiger charge is -2.19. The van der Waals surface area contributed by atoms with E-state index in [4.69, 9.17) is 0 Å². The van der Waals surface area contributed by atoms with Crippen molar-refractivity contribution in [3.05, 3.63) is 77.9 Å². The fourth-order valence-electron chi connectivity index (χ4n) is 2.00. The van der Waals surface area contributed by atoms with Crippen molar-refractivity contribution >= 4 is 16.5 Å². The average molecular weight is 346 g/mol. The number of rotatable bonds is 4. The highest BCUT2D eigenvalue weighted by Crippen LogP contribution is 2.23. The summed E-state index contributed by atoms with van der Waals surface area (Å²) in [6, 6.07) is 18.3. The Balaban J connectivity index is 0.000000341. The lowest BCUT2D eigenvalue weighted by Crippen LogP contribution is -2.14. The Labute approximate surface area is 147 Å². The fourth-order valence-corrected chi connectivity index (χ4v) is 2.32. The minimum atomic E-state index is -2.56. The van der Waals surface area contributed by atoms with Gasteiger partial charge < -0.3 is 0 Å². The molecule has 1 N–H and O–H groups in total. The molecule has 2 aromatic rings. The molecular weight excluding hydrogens is 318 g/mol. The van der Waals surface area contributed by atoms with Crippen LogP contribution >= 0.6 is 0 Å². The van der Waals surface area contributed by atoms with E-state index in [2.05, 4.69) is 63.3 Å². The van der Waals surface area contributed by atoms with E-state index in [-0.39, 0.29) is 12.0 Å². The van der Waals surface area contributed by atoms with Crippen LogP contribution in [0.25, 0.3) is 5.57 Å². The lowest BCUT2D eigenvalue weighted by atomic mass is 9.86. The largest absolute Gasteiger partial charge is 0.216 e. The predicted octanol–water partition coefficient (Wildman–Crippen LogP) is 4.11. The highest BCUT2D eigenvalue weighted by molar-refractivity contribution is 7.70. The van der Waals surface area contributed by atoms with Gasteiger partial charge in [-0.1, -0.05) is 87.5 Å². The number of aryl methyl sites for hydroxylation is 1. The molecule has 0 bridgehead atoms. The summed E-state index contributed by atoms with van der Waals surface area (Å²) >= 11 is 0. The molecule has 2 aromatic carbocycles. The minimum absolute atomic E-state index is 0.122. The maximum absolute atomic E-state index is 10.4. The molecule has 0 aliphatic heterocycles. The van der Waals surface area contributed by atoms with E-state index in [0.717, 1.165) is 11.1 Å². The number of nitrogens with one attached hydrogen (secondary N) is 1. The van der Waals surface area contributed by atoms with E-state index >= 15 is 0 Å². The molecule has 0 aliphatic rings. The molecule has 0 saturated heterocycles. The van der Waals surface area contributed by atoms with Crippen LogP contribution < -0.4 is 4.72 Å². The summed E-state index contributed by atoms with van der Waals surface area (Å²) < 4.78 is 23.2. The molecule has 24 heavy (non-hydrogen) atoms. The van der Waals surface area contributed by atoms with Crippen LogP contribution in [0.1, 0.15) is 37.5 Å². The Morgan fingerprint density at radius 1 is 1.00 bits per heavy atom. The highest BCUT2D eigenvalue weighted by Gasteiger charge is 2.13. The Hall–Kier alpha value is -1.91. The zero-order valence-corrected chi connectivity index (χ0v) is 15.8. The van der Waals surface area contributed by atoms with Gasteiger partial charge in [0.1, 0.15) is 0 Å². The molecule has 130 valence electrons. The lowest BCUT2D eigenvalue weighted by molar-refractivity contribution is 0.590. The second-order valence-electron chi connectivity index (χ2n) is 6.68. The van der Waals surface area contributed by atoms with Crippen molar-refractivity contribution in [1.82, 2.24) is 4.72 Å². The third kappa shape index (κ3) is 7.57. The van der Waals surface area contributed by atoms with Crippen molar-refractivity contribution in [3.63, 3.8) is 0 Å². The Bertz CT molecular complexity index is 704. The van der Waals surface area contributed by atoms with E-state index in [1.807, 2.05) is 30.3 Å². The minimum Gasteiger partial charge on any atom is -0.216 e. The van der Waals surface area contributed by atoms with Crippen LogP contribution in [-0.4, -0.2) is 15.0 Å². The van der Waals surface area contributed by atoms with Crippen LogP contribution in [0.4, 0.5) is 0 Å². The van der Waals surface area contributed by atoms with Gasteiger partial charge in [-0.25, -0.2) is 13.1 Å². The first kappa shape index (κ1) is 20.1. The first-order valence-corrected chi connectivity index (χ1v) is 9.06. The van der Waals surface area contributed by atoms with Gasteiger partial charge in [0.25, 0.3) is 0 Å². The number of hydrogen-bond acceptors (Lipinski definition) is 2. The Morgan fingerprint density at radius 2 is 1.54 bits per heavy atom. The van der Waals surface area contributed by atoms with Gasteiger partial charge in [0.2, 0.25) is 10.9 Å². The van der Waals surface area contributed by atoms with Gasteiger partial charge in [-0.3, -0.25) is 0 Å². The molecule has 0 saturated carbocycles. The molecule has 0 amide bonds. The molecule has 3 nitrogen and oxygen atoms in total. The zero-order valence-electron chi connectivity index (χ0n) is 14.9. The standard InChI is InChI=1S/C13H19NO2S.C7H8/c1-10(9-14-17(15)16)11-5-7-12(8-6-11)13(2,3)4;1-7-5-3-2-4-6-7/h5-8,17H,1,9H2,2-4H3,(H,14,15,16);2-6H,1H3. The van der Waals surface area contributed by atoms with E-state index in [1.165, 1.54) is 11.1 Å². The smallest absolute Gasteiger partial charge is 0.201 e. The summed E-state index contributed by atoms with van der Waals surface area (Å²) in [5, 5.41) is 0. The molecule has 0 unspecified atom stereocenters. The van der Waals surface area contributed by atoms with E-state index < -0.39 is 10.9 Å². The van der Waals surface area contributed by atoms with Crippen LogP contribution in [0.15, 0.2) is 61.2 Å². The molecule has 2 rings (SSSR count). The van der Waals surface area contributed by atoms with Gasteiger partial charge in [-0.05, 0) is 29.0 Å². The molecular formula is C20H27NO2S. The third-order valence-electron chi connectivity index (χ3n) is 3.52.